The number of anilines is 2. The molecule has 26 heavy (non-hydrogen) atoms. The Balaban J connectivity index is 1.90. The fraction of sp³-hybridized carbons (Fsp3) is 0.211. The molecule has 0 aliphatic rings. The monoisotopic (exact) mass is 374 g/mol. The van der Waals surface area contributed by atoms with Crippen molar-refractivity contribution in [3.8, 4) is 0 Å². The minimum absolute atomic E-state index is 0.290. The van der Waals surface area contributed by atoms with Gasteiger partial charge < -0.3 is 15.4 Å². The predicted molar refractivity (Wildman–Crippen MR) is 100 cm³/mol. The number of amides is 2. The zero-order valence-electron chi connectivity index (χ0n) is 14.5. The van der Waals surface area contributed by atoms with E-state index in [0.29, 0.717) is 28.6 Å². The summed E-state index contributed by atoms with van der Waals surface area (Å²) in [6, 6.07) is 11.4. The molecule has 0 radical (unpaired) electrons. The first-order valence-corrected chi connectivity index (χ1v) is 8.40. The fourth-order valence-electron chi connectivity index (χ4n) is 2.19. The summed E-state index contributed by atoms with van der Waals surface area (Å²) < 4.78 is 4.89. The lowest BCUT2D eigenvalue weighted by molar-refractivity contribution is -0.123. The maximum Gasteiger partial charge on any atom is 0.338 e. The number of benzene rings is 2. The van der Waals surface area contributed by atoms with Crippen LogP contribution in [-0.4, -0.2) is 24.4 Å². The van der Waals surface area contributed by atoms with Crippen molar-refractivity contribution in [2.24, 2.45) is 0 Å². The third kappa shape index (κ3) is 5.32. The molecule has 0 unspecified atom stereocenters. The first-order valence-electron chi connectivity index (χ1n) is 8.02. The van der Waals surface area contributed by atoms with Gasteiger partial charge >= 0.3 is 5.97 Å². The van der Waals surface area contributed by atoms with Gasteiger partial charge in [0.25, 0.3) is 0 Å². The summed E-state index contributed by atoms with van der Waals surface area (Å²) in [4.78, 5) is 35.6. The summed E-state index contributed by atoms with van der Waals surface area (Å²) >= 11 is 6.00. The Morgan fingerprint density at radius 3 is 2.31 bits per heavy atom. The maximum atomic E-state index is 12.0. The highest BCUT2D eigenvalue weighted by Gasteiger charge is 2.12. The van der Waals surface area contributed by atoms with Gasteiger partial charge in [-0.3, -0.25) is 9.59 Å². The van der Waals surface area contributed by atoms with Crippen molar-refractivity contribution in [2.45, 2.75) is 20.3 Å². The number of hydrogen-bond acceptors (Lipinski definition) is 4. The van der Waals surface area contributed by atoms with E-state index in [9.17, 15) is 14.4 Å². The quantitative estimate of drug-likeness (QED) is 0.595. The van der Waals surface area contributed by atoms with Crippen molar-refractivity contribution < 1.29 is 19.1 Å². The number of nitrogens with one attached hydrogen (secondary N) is 2. The number of halogens is 1. The number of hydrogen-bond donors (Lipinski definition) is 2. The van der Waals surface area contributed by atoms with Crippen LogP contribution in [0, 0.1) is 6.92 Å². The molecule has 0 spiro atoms. The SMILES string of the molecule is CCOC(=O)c1ccc(NC(=O)CC(=O)Nc2cccc(Cl)c2C)cc1. The average Bonchev–Trinajstić information content (AvgIpc) is 2.59. The Bertz CT molecular complexity index is 819. The first kappa shape index (κ1) is 19.5. The van der Waals surface area contributed by atoms with E-state index in [1.807, 2.05) is 0 Å². The van der Waals surface area contributed by atoms with Gasteiger partial charge in [-0.2, -0.15) is 0 Å². The molecule has 2 N–H and O–H groups in total. The summed E-state index contributed by atoms with van der Waals surface area (Å²) in [7, 11) is 0. The Morgan fingerprint density at radius 1 is 1.00 bits per heavy atom. The molecule has 0 aliphatic heterocycles. The largest absolute Gasteiger partial charge is 0.462 e. The smallest absolute Gasteiger partial charge is 0.338 e. The van der Waals surface area contributed by atoms with Gasteiger partial charge in [-0.25, -0.2) is 4.79 Å². The Hall–Kier alpha value is -2.86. The standard InChI is InChI=1S/C19H19ClN2O4/c1-3-26-19(25)13-7-9-14(10-8-13)21-17(23)11-18(24)22-16-6-4-5-15(20)12(16)2/h4-10H,3,11H2,1-2H3,(H,21,23)(H,22,24). The number of ether oxygens (including phenoxy) is 1. The minimum atomic E-state index is -0.467. The summed E-state index contributed by atoms with van der Waals surface area (Å²) in [5.74, 6) is -1.34. The molecule has 0 bridgehead atoms. The van der Waals surface area contributed by atoms with Crippen LogP contribution in [0.15, 0.2) is 42.5 Å². The third-order valence-corrected chi connectivity index (χ3v) is 3.95. The van der Waals surface area contributed by atoms with Gasteiger partial charge in [0.2, 0.25) is 11.8 Å². The molecule has 2 amide bonds. The van der Waals surface area contributed by atoms with Gasteiger partial charge in [-0.15, -0.1) is 0 Å². The Labute approximate surface area is 156 Å². The van der Waals surface area contributed by atoms with Crippen molar-refractivity contribution in [1.29, 1.82) is 0 Å². The van der Waals surface area contributed by atoms with Gasteiger partial charge in [0.15, 0.2) is 0 Å². The van der Waals surface area contributed by atoms with Crippen LogP contribution >= 0.6 is 11.6 Å². The van der Waals surface area contributed by atoms with Crippen molar-refractivity contribution in [2.75, 3.05) is 17.2 Å². The first-order chi connectivity index (χ1) is 12.4. The van der Waals surface area contributed by atoms with E-state index >= 15 is 0 Å². The predicted octanol–water partition coefficient (Wildman–Crippen LogP) is 3.79. The zero-order chi connectivity index (χ0) is 19.1. The maximum absolute atomic E-state index is 12.0. The molecular weight excluding hydrogens is 356 g/mol. The van der Waals surface area contributed by atoms with Crippen LogP contribution in [-0.2, 0) is 14.3 Å². The molecule has 0 saturated heterocycles. The Kier molecular flexibility index (Phi) is 6.74. The normalized spacial score (nSPS) is 10.1. The molecule has 2 rings (SSSR count). The second-order valence-corrected chi connectivity index (χ2v) is 5.89. The van der Waals surface area contributed by atoms with Crippen LogP contribution in [0.5, 0.6) is 0 Å². The molecule has 6 nitrogen and oxygen atoms in total. The molecule has 0 heterocycles. The van der Waals surface area contributed by atoms with Gasteiger partial charge in [0, 0.05) is 16.4 Å². The van der Waals surface area contributed by atoms with Crippen molar-refractivity contribution in [3.05, 3.63) is 58.6 Å². The number of carbonyl (C=O) groups is 3. The van der Waals surface area contributed by atoms with E-state index in [4.69, 9.17) is 16.3 Å². The van der Waals surface area contributed by atoms with Gasteiger partial charge in [0.05, 0.1) is 12.2 Å². The second kappa shape index (κ2) is 9.01. The molecule has 0 fully saturated rings. The van der Waals surface area contributed by atoms with Crippen molar-refractivity contribution in [1.82, 2.24) is 0 Å². The lowest BCUT2D eigenvalue weighted by Gasteiger charge is -2.10. The lowest BCUT2D eigenvalue weighted by atomic mass is 10.2. The fourth-order valence-corrected chi connectivity index (χ4v) is 2.37. The summed E-state index contributed by atoms with van der Waals surface area (Å²) in [5.41, 5.74) is 2.17. The summed E-state index contributed by atoms with van der Waals surface area (Å²) in [5, 5.41) is 5.80. The van der Waals surface area contributed by atoms with E-state index in [1.165, 1.54) is 0 Å². The number of esters is 1. The van der Waals surface area contributed by atoms with E-state index in [-0.39, 0.29) is 6.42 Å². The lowest BCUT2D eigenvalue weighted by Crippen LogP contribution is -2.21. The van der Waals surface area contributed by atoms with Gasteiger partial charge in [-0.05, 0) is 55.8 Å². The molecule has 0 aliphatic carbocycles. The average molecular weight is 375 g/mol. The number of carbonyl (C=O) groups excluding carboxylic acids is 3. The van der Waals surface area contributed by atoms with Crippen LogP contribution in [0.1, 0.15) is 29.3 Å². The highest BCUT2D eigenvalue weighted by atomic mass is 35.5. The molecule has 2 aromatic rings. The van der Waals surface area contributed by atoms with Crippen molar-refractivity contribution in [3.63, 3.8) is 0 Å². The zero-order valence-corrected chi connectivity index (χ0v) is 15.2. The van der Waals surface area contributed by atoms with E-state index < -0.39 is 17.8 Å². The Morgan fingerprint density at radius 2 is 1.65 bits per heavy atom. The second-order valence-electron chi connectivity index (χ2n) is 5.48. The molecule has 7 heteroatoms. The molecular formula is C19H19ClN2O4. The minimum Gasteiger partial charge on any atom is -0.462 e. The number of rotatable bonds is 6. The van der Waals surface area contributed by atoms with Gasteiger partial charge in [-0.1, -0.05) is 17.7 Å². The van der Waals surface area contributed by atoms with Crippen LogP contribution < -0.4 is 10.6 Å². The van der Waals surface area contributed by atoms with Gasteiger partial charge in [0.1, 0.15) is 6.42 Å². The van der Waals surface area contributed by atoms with Crippen molar-refractivity contribution >= 4 is 40.8 Å². The molecule has 0 saturated carbocycles. The third-order valence-electron chi connectivity index (χ3n) is 3.54. The van der Waals surface area contributed by atoms with E-state index in [1.54, 1.807) is 56.3 Å². The van der Waals surface area contributed by atoms with Crippen LogP contribution in [0.4, 0.5) is 11.4 Å². The highest BCUT2D eigenvalue weighted by Crippen LogP contribution is 2.23. The van der Waals surface area contributed by atoms with Crippen LogP contribution in [0.2, 0.25) is 5.02 Å². The topological polar surface area (TPSA) is 84.5 Å². The summed E-state index contributed by atoms with van der Waals surface area (Å²) in [6.07, 6.45) is -0.342. The molecule has 136 valence electrons. The van der Waals surface area contributed by atoms with Crippen LogP contribution in [0.3, 0.4) is 0 Å². The molecule has 0 atom stereocenters. The highest BCUT2D eigenvalue weighted by molar-refractivity contribution is 6.31. The van der Waals surface area contributed by atoms with E-state index in [2.05, 4.69) is 10.6 Å². The van der Waals surface area contributed by atoms with E-state index in [0.717, 1.165) is 5.56 Å². The van der Waals surface area contributed by atoms with Crippen LogP contribution in [0.25, 0.3) is 0 Å². The molecule has 0 aromatic heterocycles. The summed E-state index contributed by atoms with van der Waals surface area (Å²) in [6.45, 7) is 3.80. The molecule has 2 aromatic carbocycles.